The van der Waals surface area contributed by atoms with E-state index in [1.54, 1.807) is 0 Å². The number of allylic oxidation sites excluding steroid dienone is 6. The van der Waals surface area contributed by atoms with Crippen molar-refractivity contribution >= 4 is 19.8 Å². The van der Waals surface area contributed by atoms with Crippen molar-refractivity contribution in [3.05, 3.63) is 36.5 Å². The number of hydrogen-bond donors (Lipinski definition) is 2. The van der Waals surface area contributed by atoms with Gasteiger partial charge in [0.2, 0.25) is 0 Å². The first-order chi connectivity index (χ1) is 37.3. The van der Waals surface area contributed by atoms with Crippen molar-refractivity contribution in [3.8, 4) is 0 Å². The van der Waals surface area contributed by atoms with Gasteiger partial charge in [-0.25, -0.2) is 4.57 Å². The molecule has 0 bridgehead atoms. The predicted molar refractivity (Wildman–Crippen MR) is 326 cm³/mol. The third kappa shape index (κ3) is 61.4. The molecule has 2 atom stereocenters. The zero-order valence-electron chi connectivity index (χ0n) is 50.3. The zero-order chi connectivity index (χ0) is 55.2. The summed E-state index contributed by atoms with van der Waals surface area (Å²) in [6.45, 7) is 3.77. The second-order valence-electron chi connectivity index (χ2n) is 22.3. The number of esters is 2. The van der Waals surface area contributed by atoms with Crippen molar-refractivity contribution in [1.82, 2.24) is 0 Å². The molecule has 0 saturated heterocycles. The van der Waals surface area contributed by atoms with E-state index in [1.165, 1.54) is 250 Å². The molecule has 10 heteroatoms. The largest absolute Gasteiger partial charge is 0.472 e. The van der Waals surface area contributed by atoms with Gasteiger partial charge in [0.05, 0.1) is 13.2 Å². The maximum atomic E-state index is 12.7. The average molecular weight is 1090 g/mol. The Balaban J connectivity index is 3.75. The summed E-state index contributed by atoms with van der Waals surface area (Å²) in [7, 11) is -4.39. The minimum atomic E-state index is -4.39. The fraction of sp³-hybridized carbons (Fsp3) is 0.879. The normalized spacial score (nSPS) is 13.2. The molecule has 0 aliphatic heterocycles. The molecule has 9 nitrogen and oxygen atoms in total. The van der Waals surface area contributed by atoms with Gasteiger partial charge in [0.25, 0.3) is 0 Å². The van der Waals surface area contributed by atoms with Crippen molar-refractivity contribution in [3.63, 3.8) is 0 Å². The molecule has 76 heavy (non-hydrogen) atoms. The van der Waals surface area contributed by atoms with Crippen LogP contribution in [0.2, 0.25) is 0 Å². The second kappa shape index (κ2) is 62.4. The van der Waals surface area contributed by atoms with Gasteiger partial charge < -0.3 is 20.1 Å². The highest BCUT2D eigenvalue weighted by Crippen LogP contribution is 2.43. The van der Waals surface area contributed by atoms with Crippen LogP contribution in [0, 0.1) is 0 Å². The Hall–Kier alpha value is -1.77. The maximum absolute atomic E-state index is 12.7. The van der Waals surface area contributed by atoms with Gasteiger partial charge in [-0.1, -0.05) is 294 Å². The first-order valence-electron chi connectivity index (χ1n) is 33.0. The molecule has 3 N–H and O–H groups in total. The van der Waals surface area contributed by atoms with Crippen molar-refractivity contribution < 1.29 is 37.6 Å². The molecular formula is C66H126NO8P. The van der Waals surface area contributed by atoms with Crippen molar-refractivity contribution in [1.29, 1.82) is 0 Å². The summed E-state index contributed by atoms with van der Waals surface area (Å²) in [4.78, 5) is 35.2. The van der Waals surface area contributed by atoms with Crippen LogP contribution in [-0.4, -0.2) is 49.3 Å². The number of carbonyl (C=O) groups excluding carboxylic acids is 2. The molecular weight excluding hydrogens is 966 g/mol. The highest BCUT2D eigenvalue weighted by atomic mass is 31.2. The van der Waals surface area contributed by atoms with Crippen LogP contribution in [0.3, 0.4) is 0 Å². The number of nitrogens with two attached hydrogens (primary N) is 1. The van der Waals surface area contributed by atoms with E-state index in [9.17, 15) is 19.0 Å². The van der Waals surface area contributed by atoms with E-state index in [4.69, 9.17) is 24.3 Å². The number of carbonyl (C=O) groups is 2. The van der Waals surface area contributed by atoms with Crippen LogP contribution in [-0.2, 0) is 32.7 Å². The SMILES string of the molecule is CCCCCCC/C=C\C/C=C\CCCCCCCCCCCCCCCCCCCCCCCCCCCCCC(=O)OC(COC(=O)CCCCCCC/C=C\CCCCCCCCC)COP(=O)(O)OCCN. The molecule has 448 valence electrons. The van der Waals surface area contributed by atoms with Crippen LogP contribution in [0.25, 0.3) is 0 Å². The van der Waals surface area contributed by atoms with E-state index in [2.05, 4.69) is 50.3 Å². The molecule has 0 amide bonds. The number of phosphoric acid groups is 1. The Morgan fingerprint density at radius 2 is 0.684 bits per heavy atom. The van der Waals surface area contributed by atoms with E-state index in [-0.39, 0.29) is 38.6 Å². The third-order valence-corrected chi connectivity index (χ3v) is 15.7. The van der Waals surface area contributed by atoms with Crippen LogP contribution in [0.4, 0.5) is 0 Å². The monoisotopic (exact) mass is 1090 g/mol. The van der Waals surface area contributed by atoms with Crippen molar-refractivity contribution in [2.75, 3.05) is 26.4 Å². The Labute approximate surface area is 471 Å². The molecule has 0 spiro atoms. The quantitative estimate of drug-likeness (QED) is 0.0264. The molecule has 2 unspecified atom stereocenters. The van der Waals surface area contributed by atoms with Crippen LogP contribution < -0.4 is 5.73 Å². The highest BCUT2D eigenvalue weighted by Gasteiger charge is 2.26. The van der Waals surface area contributed by atoms with E-state index >= 15 is 0 Å². The van der Waals surface area contributed by atoms with Crippen LogP contribution in [0.15, 0.2) is 36.5 Å². The van der Waals surface area contributed by atoms with Gasteiger partial charge in [-0.3, -0.25) is 18.6 Å². The number of phosphoric ester groups is 1. The summed E-state index contributed by atoms with van der Waals surface area (Å²) in [5, 5.41) is 0. The van der Waals surface area contributed by atoms with Gasteiger partial charge in [-0.05, 0) is 70.6 Å². The van der Waals surface area contributed by atoms with E-state index in [1.807, 2.05) is 0 Å². The number of hydrogen-bond acceptors (Lipinski definition) is 8. The Morgan fingerprint density at radius 1 is 0.395 bits per heavy atom. The minimum absolute atomic E-state index is 0.0545. The summed E-state index contributed by atoms with van der Waals surface area (Å²) in [5.41, 5.74) is 5.39. The zero-order valence-corrected chi connectivity index (χ0v) is 51.2. The molecule has 0 heterocycles. The lowest BCUT2D eigenvalue weighted by atomic mass is 10.0. The first kappa shape index (κ1) is 74.2. The minimum Gasteiger partial charge on any atom is -0.462 e. The molecule has 0 fully saturated rings. The summed E-state index contributed by atoms with van der Waals surface area (Å²) in [6.07, 6.45) is 76.8. The van der Waals surface area contributed by atoms with Crippen LogP contribution in [0.5, 0.6) is 0 Å². The lowest BCUT2D eigenvalue weighted by Gasteiger charge is -2.19. The molecule has 0 aromatic rings. The molecule has 0 saturated carbocycles. The van der Waals surface area contributed by atoms with Crippen LogP contribution in [0.1, 0.15) is 341 Å². The molecule has 0 rings (SSSR count). The van der Waals surface area contributed by atoms with Gasteiger partial charge in [0, 0.05) is 19.4 Å². The third-order valence-electron chi connectivity index (χ3n) is 14.7. The molecule has 0 aliphatic carbocycles. The number of ether oxygens (including phenoxy) is 2. The van der Waals surface area contributed by atoms with Crippen LogP contribution >= 0.6 is 7.82 Å². The second-order valence-corrected chi connectivity index (χ2v) is 23.8. The Morgan fingerprint density at radius 3 is 1.01 bits per heavy atom. The molecule has 0 aromatic heterocycles. The highest BCUT2D eigenvalue weighted by molar-refractivity contribution is 7.47. The van der Waals surface area contributed by atoms with Gasteiger partial charge in [0.1, 0.15) is 6.61 Å². The number of unbranched alkanes of at least 4 members (excludes halogenated alkanes) is 44. The summed E-state index contributed by atoms with van der Waals surface area (Å²) < 4.78 is 33.1. The van der Waals surface area contributed by atoms with Gasteiger partial charge in [-0.2, -0.15) is 0 Å². The van der Waals surface area contributed by atoms with Crippen molar-refractivity contribution in [2.24, 2.45) is 5.73 Å². The van der Waals surface area contributed by atoms with E-state index in [0.717, 1.165) is 57.8 Å². The number of rotatable bonds is 63. The average Bonchev–Trinajstić information content (AvgIpc) is 3.41. The fourth-order valence-electron chi connectivity index (χ4n) is 9.84. The van der Waals surface area contributed by atoms with Gasteiger partial charge in [-0.15, -0.1) is 0 Å². The topological polar surface area (TPSA) is 134 Å². The first-order valence-corrected chi connectivity index (χ1v) is 34.5. The lowest BCUT2D eigenvalue weighted by Crippen LogP contribution is -2.29. The van der Waals surface area contributed by atoms with Gasteiger partial charge >= 0.3 is 19.8 Å². The van der Waals surface area contributed by atoms with Gasteiger partial charge in [0.15, 0.2) is 6.10 Å². The smallest absolute Gasteiger partial charge is 0.462 e. The summed E-state index contributed by atoms with van der Waals surface area (Å²) in [5.74, 6) is -0.820. The summed E-state index contributed by atoms with van der Waals surface area (Å²) in [6, 6.07) is 0. The Kier molecular flexibility index (Phi) is 61.0. The molecule has 0 radical (unpaired) electrons. The Bertz CT molecular complexity index is 1340. The maximum Gasteiger partial charge on any atom is 0.472 e. The predicted octanol–water partition coefficient (Wildman–Crippen LogP) is 21.1. The fourth-order valence-corrected chi connectivity index (χ4v) is 10.6. The van der Waals surface area contributed by atoms with Crippen molar-refractivity contribution in [2.45, 2.75) is 347 Å². The standard InChI is InChI=1S/C66H126NO8P/c1-3-5-7-9-11-13-15-17-19-21-22-23-24-25-26-27-28-29-30-31-32-33-34-35-36-37-38-39-40-41-42-43-45-47-49-51-53-55-57-59-66(69)75-64(63-74-76(70,71)73-61-60-67)62-72-65(68)58-56-54-52-50-48-46-44-20-18-16-14-12-10-8-6-4-2/h15,17,20-22,44,64H,3-14,16,18-19,23-43,45-63,67H2,1-2H3,(H,70,71)/b17-15-,22-21-,44-20-. The van der Waals surface area contributed by atoms with E-state index < -0.39 is 26.5 Å². The van der Waals surface area contributed by atoms with E-state index in [0.29, 0.717) is 6.42 Å². The summed E-state index contributed by atoms with van der Waals surface area (Å²) >= 11 is 0. The molecule has 0 aliphatic rings. The lowest BCUT2D eigenvalue weighted by molar-refractivity contribution is -0.161. The molecule has 0 aromatic carbocycles.